The van der Waals surface area contributed by atoms with E-state index in [-0.39, 0.29) is 5.91 Å². The molecule has 2 aromatic rings. The fourth-order valence-corrected chi connectivity index (χ4v) is 3.22. The Morgan fingerprint density at radius 2 is 1.73 bits per heavy atom. The summed E-state index contributed by atoms with van der Waals surface area (Å²) in [6.07, 6.45) is 4.69. The quantitative estimate of drug-likeness (QED) is 0.698. The van der Waals surface area contributed by atoms with E-state index in [1.165, 1.54) is 37.2 Å². The van der Waals surface area contributed by atoms with E-state index in [1.807, 2.05) is 30.3 Å². The van der Waals surface area contributed by atoms with Crippen molar-refractivity contribution in [1.82, 2.24) is 5.32 Å². The third-order valence-corrected chi connectivity index (χ3v) is 4.70. The average molecular weight is 352 g/mol. The number of carbonyl (C=O) groups is 1. The van der Waals surface area contributed by atoms with Gasteiger partial charge in [-0.05, 0) is 55.5 Å². The first-order valence-electron chi connectivity index (χ1n) is 9.60. The zero-order valence-corrected chi connectivity index (χ0v) is 15.3. The molecule has 0 spiro atoms. The standard InChI is InChI=1S/C22H28N2O2/c25-22(9-6-18-26-21-7-2-1-3-8-21)23-15-14-19-10-12-20(13-11-19)24-16-4-5-17-24/h1-3,7-8,10-13H,4-6,9,14-18H2,(H,23,25). The van der Waals surface area contributed by atoms with Crippen LogP contribution in [0.4, 0.5) is 5.69 Å². The van der Waals surface area contributed by atoms with Gasteiger partial charge in [-0.3, -0.25) is 4.79 Å². The molecule has 1 aliphatic heterocycles. The lowest BCUT2D eigenvalue weighted by Crippen LogP contribution is -2.25. The first-order chi connectivity index (χ1) is 12.8. The van der Waals surface area contributed by atoms with Gasteiger partial charge in [-0.15, -0.1) is 0 Å². The Labute approximate surface area is 156 Å². The van der Waals surface area contributed by atoms with Crippen LogP contribution in [0, 0.1) is 0 Å². The van der Waals surface area contributed by atoms with Crippen molar-refractivity contribution in [3.05, 3.63) is 60.2 Å². The van der Waals surface area contributed by atoms with Gasteiger partial charge in [-0.25, -0.2) is 0 Å². The van der Waals surface area contributed by atoms with Crippen LogP contribution in [0.25, 0.3) is 0 Å². The third-order valence-electron chi connectivity index (χ3n) is 4.70. The predicted octanol–water partition coefficient (Wildman–Crippen LogP) is 3.80. The topological polar surface area (TPSA) is 41.6 Å². The van der Waals surface area contributed by atoms with Crippen LogP contribution in [0.1, 0.15) is 31.2 Å². The molecular formula is C22H28N2O2. The van der Waals surface area contributed by atoms with E-state index < -0.39 is 0 Å². The maximum Gasteiger partial charge on any atom is 0.220 e. The van der Waals surface area contributed by atoms with E-state index in [4.69, 9.17) is 4.74 Å². The lowest BCUT2D eigenvalue weighted by atomic mass is 10.1. The molecule has 1 N–H and O–H groups in total. The van der Waals surface area contributed by atoms with Gasteiger partial charge in [0.25, 0.3) is 0 Å². The Bertz CT molecular complexity index is 664. The van der Waals surface area contributed by atoms with Crippen molar-refractivity contribution < 1.29 is 9.53 Å². The Balaban J connectivity index is 1.28. The zero-order valence-electron chi connectivity index (χ0n) is 15.3. The van der Waals surface area contributed by atoms with Gasteiger partial charge in [0.05, 0.1) is 6.61 Å². The van der Waals surface area contributed by atoms with Gasteiger partial charge in [0.1, 0.15) is 5.75 Å². The Morgan fingerprint density at radius 1 is 1.00 bits per heavy atom. The van der Waals surface area contributed by atoms with E-state index in [2.05, 4.69) is 34.5 Å². The van der Waals surface area contributed by atoms with Gasteiger partial charge in [-0.2, -0.15) is 0 Å². The molecular weight excluding hydrogens is 324 g/mol. The maximum absolute atomic E-state index is 11.9. The zero-order chi connectivity index (χ0) is 18.0. The molecule has 1 amide bonds. The van der Waals surface area contributed by atoms with Gasteiger partial charge in [0.15, 0.2) is 0 Å². The van der Waals surface area contributed by atoms with Gasteiger partial charge >= 0.3 is 0 Å². The smallest absolute Gasteiger partial charge is 0.220 e. The van der Waals surface area contributed by atoms with E-state index in [9.17, 15) is 4.79 Å². The van der Waals surface area contributed by atoms with Crippen molar-refractivity contribution >= 4 is 11.6 Å². The summed E-state index contributed by atoms with van der Waals surface area (Å²) in [4.78, 5) is 14.3. The van der Waals surface area contributed by atoms with Gasteiger partial charge in [-0.1, -0.05) is 30.3 Å². The lowest BCUT2D eigenvalue weighted by Gasteiger charge is -2.17. The second-order valence-electron chi connectivity index (χ2n) is 6.73. The molecule has 0 bridgehead atoms. The molecule has 0 aromatic heterocycles. The van der Waals surface area contributed by atoms with E-state index in [0.29, 0.717) is 19.6 Å². The SMILES string of the molecule is O=C(CCCOc1ccccc1)NCCc1ccc(N2CCCC2)cc1. The highest BCUT2D eigenvalue weighted by Gasteiger charge is 2.11. The number of rotatable bonds is 9. The molecule has 4 heteroatoms. The number of benzene rings is 2. The van der Waals surface area contributed by atoms with Crippen LogP contribution in [-0.4, -0.2) is 32.1 Å². The van der Waals surface area contributed by atoms with Crippen molar-refractivity contribution in [2.45, 2.75) is 32.1 Å². The monoisotopic (exact) mass is 352 g/mol. The normalized spacial score (nSPS) is 13.6. The van der Waals surface area contributed by atoms with Crippen LogP contribution in [-0.2, 0) is 11.2 Å². The van der Waals surface area contributed by atoms with E-state index >= 15 is 0 Å². The lowest BCUT2D eigenvalue weighted by molar-refractivity contribution is -0.121. The Morgan fingerprint density at radius 3 is 2.46 bits per heavy atom. The number of hydrogen-bond donors (Lipinski definition) is 1. The van der Waals surface area contributed by atoms with E-state index in [1.54, 1.807) is 0 Å². The Hall–Kier alpha value is -2.49. The summed E-state index contributed by atoms with van der Waals surface area (Å²) in [5.74, 6) is 0.945. The minimum Gasteiger partial charge on any atom is -0.494 e. The molecule has 2 aromatic carbocycles. The summed E-state index contributed by atoms with van der Waals surface area (Å²) in [5.41, 5.74) is 2.58. The summed E-state index contributed by atoms with van der Waals surface area (Å²) in [6, 6.07) is 18.4. The molecule has 0 radical (unpaired) electrons. The highest BCUT2D eigenvalue weighted by atomic mass is 16.5. The summed E-state index contributed by atoms with van der Waals surface area (Å²) in [5, 5.41) is 2.99. The molecule has 0 unspecified atom stereocenters. The number of nitrogens with zero attached hydrogens (tertiary/aromatic N) is 1. The number of carbonyl (C=O) groups excluding carboxylic acids is 1. The fourth-order valence-electron chi connectivity index (χ4n) is 3.22. The molecule has 0 aliphatic carbocycles. The average Bonchev–Trinajstić information content (AvgIpc) is 3.21. The molecule has 0 saturated carbocycles. The van der Waals surface area contributed by atoms with Crippen LogP contribution in [0.3, 0.4) is 0 Å². The molecule has 3 rings (SSSR count). The number of ether oxygens (including phenoxy) is 1. The highest BCUT2D eigenvalue weighted by Crippen LogP contribution is 2.20. The number of anilines is 1. The summed E-state index contributed by atoms with van der Waals surface area (Å²) in [7, 11) is 0. The van der Waals surface area contributed by atoms with Crippen molar-refractivity contribution in [2.75, 3.05) is 31.1 Å². The molecule has 1 fully saturated rings. The second kappa shape index (κ2) is 9.85. The van der Waals surface area contributed by atoms with Crippen LogP contribution in [0.2, 0.25) is 0 Å². The number of nitrogens with one attached hydrogen (secondary N) is 1. The van der Waals surface area contributed by atoms with Gasteiger partial charge in [0.2, 0.25) is 5.91 Å². The van der Waals surface area contributed by atoms with Crippen molar-refractivity contribution in [1.29, 1.82) is 0 Å². The predicted molar refractivity (Wildman–Crippen MR) is 106 cm³/mol. The molecule has 1 saturated heterocycles. The molecule has 0 atom stereocenters. The first kappa shape index (κ1) is 18.3. The van der Waals surface area contributed by atoms with Crippen molar-refractivity contribution in [2.24, 2.45) is 0 Å². The van der Waals surface area contributed by atoms with Crippen LogP contribution >= 0.6 is 0 Å². The number of para-hydroxylation sites is 1. The van der Waals surface area contributed by atoms with Crippen LogP contribution < -0.4 is 15.0 Å². The summed E-state index contributed by atoms with van der Waals surface area (Å²) < 4.78 is 5.60. The summed E-state index contributed by atoms with van der Waals surface area (Å²) >= 11 is 0. The molecule has 1 aliphatic rings. The van der Waals surface area contributed by atoms with E-state index in [0.717, 1.165) is 18.6 Å². The summed E-state index contributed by atoms with van der Waals surface area (Å²) in [6.45, 7) is 3.59. The van der Waals surface area contributed by atoms with Gasteiger partial charge in [0, 0.05) is 31.7 Å². The second-order valence-corrected chi connectivity index (χ2v) is 6.73. The largest absolute Gasteiger partial charge is 0.494 e. The maximum atomic E-state index is 11.9. The number of hydrogen-bond acceptors (Lipinski definition) is 3. The van der Waals surface area contributed by atoms with Gasteiger partial charge < -0.3 is 15.0 Å². The fraction of sp³-hybridized carbons (Fsp3) is 0.409. The minimum absolute atomic E-state index is 0.0929. The number of amides is 1. The minimum atomic E-state index is 0.0929. The van der Waals surface area contributed by atoms with Crippen molar-refractivity contribution in [3.63, 3.8) is 0 Å². The third kappa shape index (κ3) is 5.80. The molecule has 4 nitrogen and oxygen atoms in total. The van der Waals surface area contributed by atoms with Crippen LogP contribution in [0.15, 0.2) is 54.6 Å². The molecule has 138 valence electrons. The van der Waals surface area contributed by atoms with Crippen molar-refractivity contribution in [3.8, 4) is 5.75 Å². The van der Waals surface area contributed by atoms with Crippen LogP contribution in [0.5, 0.6) is 5.75 Å². The Kier molecular flexibility index (Phi) is 6.94. The highest BCUT2D eigenvalue weighted by molar-refractivity contribution is 5.75. The first-order valence-corrected chi connectivity index (χ1v) is 9.60. The molecule has 26 heavy (non-hydrogen) atoms. The molecule has 1 heterocycles.